The maximum absolute atomic E-state index is 11.4. The highest BCUT2D eigenvalue weighted by Gasteiger charge is 2.10. The van der Waals surface area contributed by atoms with E-state index in [1.54, 1.807) is 12.1 Å². The standard InChI is InChI=1S/C14H21N3O2.C6H15N.C2H6/c1-2-17-11-6-7-13(12(10-11)14(16)18)19-9-5-3-4-8-15;1-5(2)4-6(3)7;1-2/h2,6-7,10,17H,1,3-5,8-9,15H2,(H2,16,18);5-6H,4,7H2,1-3H3;1-2H3. The summed E-state index contributed by atoms with van der Waals surface area (Å²) in [5.74, 6) is 0.750. The lowest BCUT2D eigenvalue weighted by molar-refractivity contribution is 0.0996. The number of primary amides is 1. The van der Waals surface area contributed by atoms with Crippen LogP contribution in [0.25, 0.3) is 0 Å². The molecule has 0 aliphatic heterocycles. The molecule has 0 spiro atoms. The van der Waals surface area contributed by atoms with E-state index < -0.39 is 5.91 Å². The molecular formula is C22H42N4O2. The van der Waals surface area contributed by atoms with Crippen molar-refractivity contribution in [3.8, 4) is 5.75 Å². The van der Waals surface area contributed by atoms with E-state index in [4.69, 9.17) is 21.9 Å². The Morgan fingerprint density at radius 1 is 1.21 bits per heavy atom. The first kappa shape index (κ1) is 28.2. The van der Waals surface area contributed by atoms with Gasteiger partial charge in [-0.25, -0.2) is 0 Å². The molecule has 0 radical (unpaired) electrons. The SMILES string of the molecule is C=CNc1ccc(OCCCCCN)c(C(N)=O)c1.CC.CC(C)CC(C)N. The molecule has 0 saturated heterocycles. The number of anilines is 1. The molecule has 1 aromatic carbocycles. The van der Waals surface area contributed by atoms with Crippen LogP contribution in [-0.2, 0) is 0 Å². The summed E-state index contributed by atoms with van der Waals surface area (Å²) in [6.07, 6.45) is 5.57. The summed E-state index contributed by atoms with van der Waals surface area (Å²) >= 11 is 0. The molecule has 28 heavy (non-hydrogen) atoms. The van der Waals surface area contributed by atoms with Crippen molar-refractivity contribution in [1.82, 2.24) is 0 Å². The van der Waals surface area contributed by atoms with Gasteiger partial charge in [0.25, 0.3) is 5.91 Å². The van der Waals surface area contributed by atoms with Crippen LogP contribution in [0.3, 0.4) is 0 Å². The number of rotatable bonds is 11. The quantitative estimate of drug-likeness (QED) is 0.419. The summed E-state index contributed by atoms with van der Waals surface area (Å²) in [6, 6.07) is 5.57. The van der Waals surface area contributed by atoms with Crippen LogP contribution in [0.2, 0.25) is 0 Å². The second kappa shape index (κ2) is 18.3. The fraction of sp³-hybridized carbons (Fsp3) is 0.591. The summed E-state index contributed by atoms with van der Waals surface area (Å²) in [4.78, 5) is 11.4. The Hall–Kier alpha value is -2.05. The van der Waals surface area contributed by atoms with E-state index in [-0.39, 0.29) is 0 Å². The van der Waals surface area contributed by atoms with Gasteiger partial charge in [0.15, 0.2) is 0 Å². The van der Waals surface area contributed by atoms with Gasteiger partial charge in [0.2, 0.25) is 0 Å². The summed E-state index contributed by atoms with van der Waals surface area (Å²) < 4.78 is 5.58. The largest absolute Gasteiger partial charge is 0.493 e. The Morgan fingerprint density at radius 3 is 2.29 bits per heavy atom. The minimum atomic E-state index is -0.510. The molecule has 7 N–H and O–H groups in total. The molecule has 0 fully saturated rings. The van der Waals surface area contributed by atoms with Crippen LogP contribution in [0.1, 0.15) is 70.7 Å². The van der Waals surface area contributed by atoms with Crippen LogP contribution in [0, 0.1) is 5.92 Å². The Labute approximate surface area is 171 Å². The second-order valence-corrected chi connectivity index (χ2v) is 6.73. The maximum atomic E-state index is 11.4. The lowest BCUT2D eigenvalue weighted by Crippen LogP contribution is -2.16. The number of hydrogen-bond acceptors (Lipinski definition) is 5. The Kier molecular flexibility index (Phi) is 18.4. The average molecular weight is 395 g/mol. The fourth-order valence-electron chi connectivity index (χ4n) is 2.40. The Balaban J connectivity index is 0. The van der Waals surface area contributed by atoms with Gasteiger partial charge in [-0.2, -0.15) is 0 Å². The van der Waals surface area contributed by atoms with E-state index in [0.29, 0.717) is 30.5 Å². The molecule has 0 aromatic heterocycles. The van der Waals surface area contributed by atoms with Crippen molar-refractivity contribution in [1.29, 1.82) is 0 Å². The molecule has 0 aliphatic carbocycles. The third-order valence-corrected chi connectivity index (χ3v) is 3.46. The number of hydrogen-bond donors (Lipinski definition) is 4. The molecule has 0 heterocycles. The second-order valence-electron chi connectivity index (χ2n) is 6.73. The van der Waals surface area contributed by atoms with Gasteiger partial charge in [-0.05, 0) is 69.5 Å². The molecule has 0 saturated carbocycles. The number of ether oxygens (including phenoxy) is 1. The predicted molar refractivity (Wildman–Crippen MR) is 122 cm³/mol. The van der Waals surface area contributed by atoms with Crippen LogP contribution in [0.5, 0.6) is 5.75 Å². The van der Waals surface area contributed by atoms with Gasteiger partial charge in [0, 0.05) is 11.7 Å². The van der Waals surface area contributed by atoms with Crippen LogP contribution in [0.15, 0.2) is 31.0 Å². The molecule has 1 rings (SSSR count). The minimum absolute atomic E-state index is 0.366. The number of nitrogens with one attached hydrogen (secondary N) is 1. The highest BCUT2D eigenvalue weighted by molar-refractivity contribution is 5.96. The normalized spacial score (nSPS) is 10.7. The lowest BCUT2D eigenvalue weighted by Gasteiger charge is -2.11. The molecule has 1 atom stereocenters. The van der Waals surface area contributed by atoms with Crippen LogP contribution < -0.4 is 27.3 Å². The molecule has 1 amide bonds. The zero-order valence-corrected chi connectivity index (χ0v) is 18.5. The van der Waals surface area contributed by atoms with Gasteiger partial charge in [-0.1, -0.05) is 34.3 Å². The summed E-state index contributed by atoms with van der Waals surface area (Å²) in [5, 5.41) is 2.90. The number of amides is 1. The van der Waals surface area contributed by atoms with Gasteiger partial charge in [0.1, 0.15) is 5.75 Å². The van der Waals surface area contributed by atoms with Crippen LogP contribution in [-0.4, -0.2) is 25.1 Å². The number of unbranched alkanes of at least 4 members (excludes halogenated alkanes) is 2. The average Bonchev–Trinajstić information content (AvgIpc) is 2.63. The van der Waals surface area contributed by atoms with Crippen molar-refractivity contribution in [2.75, 3.05) is 18.5 Å². The zero-order valence-electron chi connectivity index (χ0n) is 18.5. The summed E-state index contributed by atoms with van der Waals surface area (Å²) in [5.41, 5.74) is 17.4. The van der Waals surface area contributed by atoms with Gasteiger partial charge in [-0.3, -0.25) is 4.79 Å². The lowest BCUT2D eigenvalue weighted by atomic mass is 10.1. The van der Waals surface area contributed by atoms with Crippen molar-refractivity contribution in [3.05, 3.63) is 36.5 Å². The smallest absolute Gasteiger partial charge is 0.252 e. The number of benzene rings is 1. The van der Waals surface area contributed by atoms with E-state index in [1.807, 2.05) is 26.8 Å². The summed E-state index contributed by atoms with van der Waals surface area (Å²) in [6.45, 7) is 15.2. The van der Waals surface area contributed by atoms with Gasteiger partial charge < -0.3 is 27.3 Å². The van der Waals surface area contributed by atoms with Crippen LogP contribution in [0.4, 0.5) is 5.69 Å². The zero-order chi connectivity index (χ0) is 21.9. The first-order valence-electron chi connectivity index (χ1n) is 10.2. The van der Waals surface area contributed by atoms with Crippen molar-refractivity contribution in [3.63, 3.8) is 0 Å². The van der Waals surface area contributed by atoms with Crippen molar-refractivity contribution in [2.45, 2.75) is 66.3 Å². The maximum Gasteiger partial charge on any atom is 0.252 e. The van der Waals surface area contributed by atoms with E-state index in [9.17, 15) is 4.79 Å². The highest BCUT2D eigenvalue weighted by Crippen LogP contribution is 2.23. The summed E-state index contributed by atoms with van der Waals surface area (Å²) in [7, 11) is 0. The minimum Gasteiger partial charge on any atom is -0.493 e. The molecule has 162 valence electrons. The third kappa shape index (κ3) is 15.1. The monoisotopic (exact) mass is 394 g/mol. The predicted octanol–water partition coefficient (Wildman–Crippen LogP) is 4.25. The number of carbonyl (C=O) groups excluding carboxylic acids is 1. The number of nitrogens with two attached hydrogens (primary N) is 3. The molecule has 1 aromatic rings. The van der Waals surface area contributed by atoms with Crippen LogP contribution >= 0.6 is 0 Å². The van der Waals surface area contributed by atoms with E-state index in [1.165, 1.54) is 6.20 Å². The first-order valence-corrected chi connectivity index (χ1v) is 10.2. The Bertz CT molecular complexity index is 525. The third-order valence-electron chi connectivity index (χ3n) is 3.46. The molecule has 6 nitrogen and oxygen atoms in total. The van der Waals surface area contributed by atoms with Crippen molar-refractivity contribution >= 4 is 11.6 Å². The van der Waals surface area contributed by atoms with Gasteiger partial charge in [-0.15, -0.1) is 0 Å². The Morgan fingerprint density at radius 2 is 1.86 bits per heavy atom. The molecular weight excluding hydrogens is 352 g/mol. The number of carbonyl (C=O) groups is 1. The van der Waals surface area contributed by atoms with E-state index in [2.05, 4.69) is 25.7 Å². The van der Waals surface area contributed by atoms with E-state index in [0.717, 1.165) is 37.3 Å². The van der Waals surface area contributed by atoms with E-state index >= 15 is 0 Å². The fourth-order valence-corrected chi connectivity index (χ4v) is 2.40. The van der Waals surface area contributed by atoms with Crippen molar-refractivity contribution in [2.24, 2.45) is 23.1 Å². The first-order chi connectivity index (χ1) is 13.3. The highest BCUT2D eigenvalue weighted by atomic mass is 16.5. The molecule has 1 unspecified atom stereocenters. The topological polar surface area (TPSA) is 116 Å². The van der Waals surface area contributed by atoms with Crippen molar-refractivity contribution < 1.29 is 9.53 Å². The molecule has 0 aliphatic rings. The molecule has 0 bridgehead atoms. The van der Waals surface area contributed by atoms with Gasteiger partial charge in [0.05, 0.1) is 12.2 Å². The molecule has 6 heteroatoms. The van der Waals surface area contributed by atoms with Gasteiger partial charge >= 0.3 is 0 Å².